The number of piperidine rings is 1. The molecule has 0 N–H and O–H groups in total. The van der Waals surface area contributed by atoms with Crippen LogP contribution in [-0.4, -0.2) is 62.6 Å². The molecule has 7 nitrogen and oxygen atoms in total. The third-order valence-electron chi connectivity index (χ3n) is 7.67. The maximum absolute atomic E-state index is 13.2. The van der Waals surface area contributed by atoms with Gasteiger partial charge in [0.05, 0.1) is 0 Å². The number of rotatable bonds is 4. The normalized spacial score (nSPS) is 25.0. The molecule has 4 rings (SSSR count). The van der Waals surface area contributed by atoms with Crippen molar-refractivity contribution >= 4 is 11.8 Å². The van der Waals surface area contributed by atoms with Gasteiger partial charge in [-0.15, -0.1) is 10.2 Å². The Hall–Kier alpha value is -1.92. The van der Waals surface area contributed by atoms with Gasteiger partial charge in [-0.25, -0.2) is 0 Å². The summed E-state index contributed by atoms with van der Waals surface area (Å²) in [6, 6.07) is 0. The zero-order valence-corrected chi connectivity index (χ0v) is 18.0. The molecule has 1 aromatic rings. The fourth-order valence-corrected chi connectivity index (χ4v) is 5.88. The van der Waals surface area contributed by atoms with E-state index >= 15 is 0 Å². The van der Waals surface area contributed by atoms with Crippen LogP contribution in [0.1, 0.15) is 77.0 Å². The fourth-order valence-electron chi connectivity index (χ4n) is 5.88. The summed E-state index contributed by atoms with van der Waals surface area (Å²) in [5.41, 5.74) is 0.172. The third kappa shape index (κ3) is 4.05. The van der Waals surface area contributed by atoms with Crippen LogP contribution >= 0.6 is 0 Å². The van der Waals surface area contributed by atoms with Gasteiger partial charge in [0.25, 0.3) is 0 Å². The zero-order valence-electron chi connectivity index (χ0n) is 18.0. The summed E-state index contributed by atoms with van der Waals surface area (Å²) in [6.45, 7) is 7.87. The van der Waals surface area contributed by atoms with Crippen molar-refractivity contribution in [3.63, 3.8) is 0 Å². The average molecular weight is 402 g/mol. The highest BCUT2D eigenvalue weighted by Crippen LogP contribution is 2.51. The van der Waals surface area contributed by atoms with Crippen LogP contribution in [0.2, 0.25) is 0 Å². The van der Waals surface area contributed by atoms with Gasteiger partial charge in [0.1, 0.15) is 12.2 Å². The molecule has 1 aliphatic carbocycles. The van der Waals surface area contributed by atoms with E-state index in [1.165, 1.54) is 32.1 Å². The lowest BCUT2D eigenvalue weighted by atomic mass is 9.67. The van der Waals surface area contributed by atoms with Crippen molar-refractivity contribution < 1.29 is 9.59 Å². The van der Waals surface area contributed by atoms with Crippen LogP contribution in [0.3, 0.4) is 0 Å². The molecular formula is C22H35N5O2. The van der Waals surface area contributed by atoms with E-state index in [-0.39, 0.29) is 11.3 Å². The topological polar surface area (TPSA) is 71.3 Å². The summed E-state index contributed by atoms with van der Waals surface area (Å²) in [5.74, 6) is 2.21. The SMILES string of the molecule is CCn1cnnc1C1CN(C(=O)CC2CCN(C(C)=O)CC2)CC12CCCCC2. The lowest BCUT2D eigenvalue weighted by Crippen LogP contribution is -2.39. The minimum Gasteiger partial charge on any atom is -0.343 e. The Morgan fingerprint density at radius 1 is 1.14 bits per heavy atom. The van der Waals surface area contributed by atoms with Crippen molar-refractivity contribution in [2.45, 2.75) is 77.7 Å². The van der Waals surface area contributed by atoms with Crippen LogP contribution in [0.4, 0.5) is 0 Å². The van der Waals surface area contributed by atoms with Crippen molar-refractivity contribution in [3.8, 4) is 0 Å². The second kappa shape index (κ2) is 8.44. The molecule has 29 heavy (non-hydrogen) atoms. The minimum atomic E-state index is 0.149. The maximum Gasteiger partial charge on any atom is 0.222 e. The molecule has 2 amide bonds. The van der Waals surface area contributed by atoms with Gasteiger partial charge in [-0.1, -0.05) is 19.3 Å². The Labute approximate surface area is 173 Å². The molecule has 2 saturated heterocycles. The highest BCUT2D eigenvalue weighted by atomic mass is 16.2. The average Bonchev–Trinajstić information content (AvgIpc) is 3.33. The Morgan fingerprint density at radius 3 is 2.52 bits per heavy atom. The number of carbonyl (C=O) groups is 2. The number of aromatic nitrogens is 3. The van der Waals surface area contributed by atoms with Crippen LogP contribution in [-0.2, 0) is 16.1 Å². The Morgan fingerprint density at radius 2 is 1.86 bits per heavy atom. The van der Waals surface area contributed by atoms with Gasteiger partial charge in [0.15, 0.2) is 0 Å². The summed E-state index contributed by atoms with van der Waals surface area (Å²) in [4.78, 5) is 28.8. The molecule has 0 aromatic carbocycles. The monoisotopic (exact) mass is 401 g/mol. The van der Waals surface area contributed by atoms with Crippen molar-refractivity contribution in [1.29, 1.82) is 0 Å². The number of nitrogens with zero attached hydrogens (tertiary/aromatic N) is 5. The molecule has 1 aromatic heterocycles. The summed E-state index contributed by atoms with van der Waals surface area (Å²) in [6.07, 6.45) is 10.5. The number of hydrogen-bond acceptors (Lipinski definition) is 4. The van der Waals surface area contributed by atoms with Crippen LogP contribution in [0.15, 0.2) is 6.33 Å². The molecule has 1 spiro atoms. The number of aryl methyl sites for hydroxylation is 1. The summed E-state index contributed by atoms with van der Waals surface area (Å²) in [5, 5.41) is 8.67. The molecule has 3 fully saturated rings. The first-order valence-corrected chi connectivity index (χ1v) is 11.4. The smallest absolute Gasteiger partial charge is 0.222 e. The fraction of sp³-hybridized carbons (Fsp3) is 0.818. The Bertz CT molecular complexity index is 731. The lowest BCUT2D eigenvalue weighted by molar-refractivity contribution is -0.132. The van der Waals surface area contributed by atoms with E-state index in [9.17, 15) is 9.59 Å². The first-order chi connectivity index (χ1) is 14.0. The van der Waals surface area contributed by atoms with Gasteiger partial charge in [0.2, 0.25) is 11.8 Å². The molecule has 1 atom stereocenters. The first kappa shape index (κ1) is 20.4. The van der Waals surface area contributed by atoms with Crippen molar-refractivity contribution in [1.82, 2.24) is 24.6 Å². The maximum atomic E-state index is 13.2. The molecule has 1 saturated carbocycles. The van der Waals surface area contributed by atoms with Gasteiger partial charge in [0, 0.05) is 52.0 Å². The number of amides is 2. The van der Waals surface area contributed by atoms with E-state index < -0.39 is 0 Å². The van der Waals surface area contributed by atoms with E-state index in [2.05, 4.69) is 26.6 Å². The van der Waals surface area contributed by atoms with Gasteiger partial charge >= 0.3 is 0 Å². The minimum absolute atomic E-state index is 0.149. The molecule has 2 aliphatic heterocycles. The summed E-state index contributed by atoms with van der Waals surface area (Å²) >= 11 is 0. The lowest BCUT2D eigenvalue weighted by Gasteiger charge is -2.37. The Kier molecular flexibility index (Phi) is 5.93. The van der Waals surface area contributed by atoms with Crippen LogP contribution < -0.4 is 0 Å². The third-order valence-corrected chi connectivity index (χ3v) is 7.67. The van der Waals surface area contributed by atoms with Crippen LogP contribution in [0.25, 0.3) is 0 Å². The standard InChI is InChI=1S/C22H35N5O2/c1-3-25-16-23-24-21(25)19-14-27(15-22(19)9-5-4-6-10-22)20(29)13-18-7-11-26(12-8-18)17(2)28/h16,18-19H,3-15H2,1-2H3. The van der Waals surface area contributed by atoms with Crippen molar-refractivity contribution in [2.24, 2.45) is 11.3 Å². The highest BCUT2D eigenvalue weighted by Gasteiger charge is 2.50. The van der Waals surface area contributed by atoms with E-state index in [4.69, 9.17) is 0 Å². The van der Waals surface area contributed by atoms with Crippen LogP contribution in [0.5, 0.6) is 0 Å². The molecule has 0 bridgehead atoms. The van der Waals surface area contributed by atoms with Crippen molar-refractivity contribution in [2.75, 3.05) is 26.2 Å². The predicted octanol–water partition coefficient (Wildman–Crippen LogP) is 2.82. The van der Waals surface area contributed by atoms with E-state index in [0.29, 0.717) is 24.2 Å². The molecule has 160 valence electrons. The van der Waals surface area contributed by atoms with Gasteiger partial charge in [-0.3, -0.25) is 9.59 Å². The summed E-state index contributed by atoms with van der Waals surface area (Å²) in [7, 11) is 0. The highest BCUT2D eigenvalue weighted by molar-refractivity contribution is 5.77. The number of hydrogen-bond donors (Lipinski definition) is 0. The summed E-state index contributed by atoms with van der Waals surface area (Å²) < 4.78 is 2.16. The van der Waals surface area contributed by atoms with Gasteiger partial charge in [-0.05, 0) is 43.9 Å². The van der Waals surface area contributed by atoms with E-state index in [1.54, 1.807) is 6.92 Å². The molecular weight excluding hydrogens is 366 g/mol. The van der Waals surface area contributed by atoms with E-state index in [0.717, 1.165) is 51.4 Å². The van der Waals surface area contributed by atoms with Crippen LogP contribution in [0, 0.1) is 11.3 Å². The number of likely N-dealkylation sites (tertiary alicyclic amines) is 2. The van der Waals surface area contributed by atoms with Gasteiger partial charge < -0.3 is 14.4 Å². The predicted molar refractivity (Wildman–Crippen MR) is 110 cm³/mol. The van der Waals surface area contributed by atoms with Gasteiger partial charge in [-0.2, -0.15) is 0 Å². The molecule has 0 radical (unpaired) electrons. The quantitative estimate of drug-likeness (QED) is 0.778. The van der Waals surface area contributed by atoms with E-state index in [1.807, 2.05) is 11.2 Å². The number of carbonyl (C=O) groups excluding carboxylic acids is 2. The molecule has 1 unspecified atom stereocenters. The zero-order chi connectivity index (χ0) is 20.4. The molecule has 7 heteroatoms. The second-order valence-corrected chi connectivity index (χ2v) is 9.38. The Balaban J connectivity index is 1.45. The molecule has 3 heterocycles. The van der Waals surface area contributed by atoms with Crippen molar-refractivity contribution in [3.05, 3.63) is 12.2 Å². The second-order valence-electron chi connectivity index (χ2n) is 9.38. The molecule has 3 aliphatic rings. The first-order valence-electron chi connectivity index (χ1n) is 11.4. The largest absolute Gasteiger partial charge is 0.343 e.